The fourth-order valence-corrected chi connectivity index (χ4v) is 2.94. The Balaban J connectivity index is 1.98. The molecule has 2 nitrogen and oxygen atoms in total. The third-order valence-corrected chi connectivity index (χ3v) is 3.61. The highest BCUT2D eigenvalue weighted by Crippen LogP contribution is 2.40. The molecule has 2 heteroatoms. The minimum atomic E-state index is -0.122. The summed E-state index contributed by atoms with van der Waals surface area (Å²) in [7, 11) is 0. The molecule has 70 valence electrons. The van der Waals surface area contributed by atoms with Gasteiger partial charge in [0.15, 0.2) is 0 Å². The van der Waals surface area contributed by atoms with Gasteiger partial charge in [-0.3, -0.25) is 0 Å². The Hall–Kier alpha value is -0.0800. The molecule has 2 fully saturated rings. The maximum atomic E-state index is 9.66. The highest BCUT2D eigenvalue weighted by atomic mass is 16.3. The molecule has 4 atom stereocenters. The van der Waals surface area contributed by atoms with E-state index < -0.39 is 0 Å². The van der Waals surface area contributed by atoms with Crippen molar-refractivity contribution in [3.8, 4) is 0 Å². The summed E-state index contributed by atoms with van der Waals surface area (Å²) in [6.45, 7) is 0. The number of rotatable bonds is 1. The van der Waals surface area contributed by atoms with Crippen molar-refractivity contribution in [2.24, 2.45) is 11.8 Å². The number of hydrogen-bond donors (Lipinski definition) is 2. The number of aliphatic hydroxyl groups is 2. The highest BCUT2D eigenvalue weighted by molar-refractivity contribution is 4.89. The summed E-state index contributed by atoms with van der Waals surface area (Å²) in [5, 5.41) is 19.3. The molecule has 12 heavy (non-hydrogen) atoms. The van der Waals surface area contributed by atoms with E-state index in [0.29, 0.717) is 11.8 Å². The normalized spacial score (nSPS) is 48.5. The lowest BCUT2D eigenvalue weighted by atomic mass is 9.86. The van der Waals surface area contributed by atoms with Crippen LogP contribution in [0.2, 0.25) is 0 Å². The van der Waals surface area contributed by atoms with Gasteiger partial charge in [-0.15, -0.1) is 0 Å². The monoisotopic (exact) mass is 170 g/mol. The van der Waals surface area contributed by atoms with Crippen molar-refractivity contribution in [3.05, 3.63) is 0 Å². The Morgan fingerprint density at radius 3 is 1.33 bits per heavy atom. The molecule has 0 saturated heterocycles. The van der Waals surface area contributed by atoms with Gasteiger partial charge in [-0.1, -0.05) is 12.8 Å². The molecule has 0 aliphatic heterocycles. The second kappa shape index (κ2) is 3.35. The molecule has 2 rings (SSSR count). The zero-order valence-electron chi connectivity index (χ0n) is 7.45. The Morgan fingerprint density at radius 1 is 0.667 bits per heavy atom. The fraction of sp³-hybridized carbons (Fsp3) is 1.00. The van der Waals surface area contributed by atoms with Crippen LogP contribution in [0.5, 0.6) is 0 Å². The van der Waals surface area contributed by atoms with Gasteiger partial charge in [0.25, 0.3) is 0 Å². The molecule has 2 aliphatic rings. The van der Waals surface area contributed by atoms with Crippen LogP contribution in [-0.2, 0) is 0 Å². The third-order valence-electron chi connectivity index (χ3n) is 3.61. The van der Waals surface area contributed by atoms with Crippen molar-refractivity contribution in [2.75, 3.05) is 0 Å². The van der Waals surface area contributed by atoms with Crippen LogP contribution in [-0.4, -0.2) is 22.4 Å². The van der Waals surface area contributed by atoms with Gasteiger partial charge in [-0.2, -0.15) is 0 Å². The van der Waals surface area contributed by atoms with Crippen molar-refractivity contribution in [1.82, 2.24) is 0 Å². The van der Waals surface area contributed by atoms with E-state index in [2.05, 4.69) is 0 Å². The van der Waals surface area contributed by atoms with Gasteiger partial charge in [-0.05, 0) is 37.5 Å². The Kier molecular flexibility index (Phi) is 2.37. The lowest BCUT2D eigenvalue weighted by Gasteiger charge is -2.24. The standard InChI is InChI=1S/C10H18O2/c11-9-5-1-3-7(9)8-4-2-6-10(8)12/h7-12H,1-6H2/t7-,8-,9+,10+/m1/s1. The van der Waals surface area contributed by atoms with E-state index in [9.17, 15) is 10.2 Å². The first-order chi connectivity index (χ1) is 5.79. The fourth-order valence-electron chi connectivity index (χ4n) is 2.94. The first-order valence-electron chi connectivity index (χ1n) is 5.15. The molecule has 0 aromatic carbocycles. The number of aliphatic hydroxyl groups excluding tert-OH is 2. The van der Waals surface area contributed by atoms with E-state index in [-0.39, 0.29) is 12.2 Å². The molecule has 2 N–H and O–H groups in total. The van der Waals surface area contributed by atoms with Crippen molar-refractivity contribution in [1.29, 1.82) is 0 Å². The topological polar surface area (TPSA) is 40.5 Å². The lowest BCUT2D eigenvalue weighted by molar-refractivity contribution is 0.0398. The van der Waals surface area contributed by atoms with Gasteiger partial charge in [0.1, 0.15) is 0 Å². The quantitative estimate of drug-likeness (QED) is 0.623. The van der Waals surface area contributed by atoms with Crippen molar-refractivity contribution in [2.45, 2.75) is 50.7 Å². The third kappa shape index (κ3) is 1.38. The van der Waals surface area contributed by atoms with Gasteiger partial charge in [0, 0.05) is 0 Å². The van der Waals surface area contributed by atoms with E-state index in [1.165, 1.54) is 0 Å². The summed E-state index contributed by atoms with van der Waals surface area (Å²) in [5.74, 6) is 0.810. The summed E-state index contributed by atoms with van der Waals surface area (Å²) in [5.41, 5.74) is 0. The van der Waals surface area contributed by atoms with Crippen LogP contribution >= 0.6 is 0 Å². The predicted octanol–water partition coefficient (Wildman–Crippen LogP) is 1.31. The molecule has 0 bridgehead atoms. The molecule has 0 unspecified atom stereocenters. The van der Waals surface area contributed by atoms with Gasteiger partial charge >= 0.3 is 0 Å². The van der Waals surface area contributed by atoms with Crippen LogP contribution in [0, 0.1) is 11.8 Å². The summed E-state index contributed by atoms with van der Waals surface area (Å²) in [4.78, 5) is 0. The van der Waals surface area contributed by atoms with Crippen LogP contribution in [0.4, 0.5) is 0 Å². The Labute approximate surface area is 73.6 Å². The Morgan fingerprint density at radius 2 is 1.08 bits per heavy atom. The van der Waals surface area contributed by atoms with Crippen molar-refractivity contribution in [3.63, 3.8) is 0 Å². The molecule has 0 aromatic heterocycles. The van der Waals surface area contributed by atoms with E-state index in [4.69, 9.17) is 0 Å². The second-order valence-electron chi connectivity index (χ2n) is 4.32. The second-order valence-corrected chi connectivity index (χ2v) is 4.32. The van der Waals surface area contributed by atoms with E-state index >= 15 is 0 Å². The number of hydrogen-bond acceptors (Lipinski definition) is 2. The minimum absolute atomic E-state index is 0.122. The molecule has 0 amide bonds. The molecule has 2 saturated carbocycles. The van der Waals surface area contributed by atoms with Crippen LogP contribution in [0.25, 0.3) is 0 Å². The summed E-state index contributed by atoms with van der Waals surface area (Å²) < 4.78 is 0. The molecule has 0 heterocycles. The highest BCUT2D eigenvalue weighted by Gasteiger charge is 2.38. The first kappa shape index (κ1) is 8.52. The van der Waals surface area contributed by atoms with E-state index in [1.54, 1.807) is 0 Å². The zero-order valence-corrected chi connectivity index (χ0v) is 7.45. The maximum absolute atomic E-state index is 9.66. The molecule has 2 aliphatic carbocycles. The first-order valence-corrected chi connectivity index (χ1v) is 5.15. The SMILES string of the molecule is O[C@H]1CCC[C@@H]1[C@H]1CCC[C@@H]1O. The summed E-state index contributed by atoms with van der Waals surface area (Å²) >= 11 is 0. The molecule has 0 radical (unpaired) electrons. The van der Waals surface area contributed by atoms with E-state index in [0.717, 1.165) is 38.5 Å². The van der Waals surface area contributed by atoms with Gasteiger partial charge in [0.05, 0.1) is 12.2 Å². The average Bonchev–Trinajstić information content (AvgIpc) is 2.59. The average molecular weight is 170 g/mol. The Bertz CT molecular complexity index is 140. The van der Waals surface area contributed by atoms with Gasteiger partial charge in [0.2, 0.25) is 0 Å². The van der Waals surface area contributed by atoms with E-state index in [1.807, 2.05) is 0 Å². The summed E-state index contributed by atoms with van der Waals surface area (Å²) in [6.07, 6.45) is 6.21. The molecular weight excluding hydrogens is 152 g/mol. The minimum Gasteiger partial charge on any atom is -0.393 e. The predicted molar refractivity (Wildman–Crippen MR) is 46.7 cm³/mol. The summed E-state index contributed by atoms with van der Waals surface area (Å²) in [6, 6.07) is 0. The molecular formula is C10H18O2. The molecule has 0 aromatic rings. The lowest BCUT2D eigenvalue weighted by Crippen LogP contribution is -2.28. The molecule has 0 spiro atoms. The van der Waals surface area contributed by atoms with Gasteiger partial charge in [-0.25, -0.2) is 0 Å². The van der Waals surface area contributed by atoms with Crippen LogP contribution < -0.4 is 0 Å². The van der Waals surface area contributed by atoms with Crippen LogP contribution in [0.3, 0.4) is 0 Å². The van der Waals surface area contributed by atoms with Crippen molar-refractivity contribution < 1.29 is 10.2 Å². The van der Waals surface area contributed by atoms with Crippen molar-refractivity contribution >= 4 is 0 Å². The largest absolute Gasteiger partial charge is 0.393 e. The van der Waals surface area contributed by atoms with Gasteiger partial charge < -0.3 is 10.2 Å². The van der Waals surface area contributed by atoms with Crippen LogP contribution in [0.1, 0.15) is 38.5 Å². The zero-order chi connectivity index (χ0) is 8.55. The van der Waals surface area contributed by atoms with Crippen LogP contribution in [0.15, 0.2) is 0 Å². The smallest absolute Gasteiger partial charge is 0.0572 e. The maximum Gasteiger partial charge on any atom is 0.0572 e.